The smallest absolute Gasteiger partial charge is 0.318 e. The third kappa shape index (κ3) is 3.55. The van der Waals surface area contributed by atoms with Crippen LogP contribution in [0.4, 0.5) is 5.69 Å². The maximum atomic E-state index is 11.4. The van der Waals surface area contributed by atoms with Crippen molar-refractivity contribution in [1.29, 1.82) is 0 Å². The first kappa shape index (κ1) is 15.8. The number of allylic oxidation sites excluding steroid dienone is 2. The molecule has 2 rings (SSSR count). The van der Waals surface area contributed by atoms with E-state index in [0.717, 1.165) is 12.8 Å². The van der Waals surface area contributed by atoms with Gasteiger partial charge < -0.3 is 9.84 Å². The highest BCUT2D eigenvalue weighted by Crippen LogP contribution is 2.37. The maximum Gasteiger partial charge on any atom is 0.318 e. The minimum Gasteiger partial charge on any atom is -0.507 e. The maximum absolute atomic E-state index is 11.4. The second kappa shape index (κ2) is 6.93. The van der Waals surface area contributed by atoms with Gasteiger partial charge in [0.05, 0.1) is 16.4 Å². The van der Waals surface area contributed by atoms with Gasteiger partial charge in [0.25, 0.3) is 0 Å². The summed E-state index contributed by atoms with van der Waals surface area (Å²) in [5.41, 5.74) is -0.0911. The summed E-state index contributed by atoms with van der Waals surface area (Å²) in [5, 5.41) is 21.7. The summed E-state index contributed by atoms with van der Waals surface area (Å²) in [4.78, 5) is 10.9. The van der Waals surface area contributed by atoms with E-state index in [0.29, 0.717) is 10.8 Å². The van der Waals surface area contributed by atoms with E-state index in [1.807, 2.05) is 26.0 Å². The second-order valence-corrected chi connectivity index (χ2v) is 5.05. The standard InChI is InChI=1S/C17H18NO4/c1-3-4-5-6-12(2)22-16-10-7-13-11-14(19)8-9-15(13)17(16)18(20)21/h3-4,7-10,12,19H,5-6H2,1-2H3/t12-/m1/s1. The molecule has 0 bridgehead atoms. The lowest BCUT2D eigenvalue weighted by Gasteiger charge is -2.14. The molecule has 0 saturated carbocycles. The van der Waals surface area contributed by atoms with Crippen molar-refractivity contribution in [2.45, 2.75) is 32.8 Å². The molecule has 0 aliphatic heterocycles. The van der Waals surface area contributed by atoms with Gasteiger partial charge >= 0.3 is 5.69 Å². The van der Waals surface area contributed by atoms with Gasteiger partial charge in [-0.3, -0.25) is 10.1 Å². The lowest BCUT2D eigenvalue weighted by Crippen LogP contribution is -2.12. The first-order valence-corrected chi connectivity index (χ1v) is 7.13. The summed E-state index contributed by atoms with van der Waals surface area (Å²) < 4.78 is 5.74. The van der Waals surface area contributed by atoms with Crippen LogP contribution in [-0.4, -0.2) is 16.1 Å². The molecular weight excluding hydrogens is 282 g/mol. The number of hydrogen-bond donors (Lipinski definition) is 1. The van der Waals surface area contributed by atoms with E-state index in [2.05, 4.69) is 6.07 Å². The van der Waals surface area contributed by atoms with Crippen LogP contribution in [0.25, 0.3) is 10.8 Å². The minimum absolute atomic E-state index is 0.0461. The highest BCUT2D eigenvalue weighted by atomic mass is 16.6. The van der Waals surface area contributed by atoms with Gasteiger partial charge in [-0.15, -0.1) is 0 Å². The molecule has 22 heavy (non-hydrogen) atoms. The molecule has 2 aromatic rings. The molecule has 5 heteroatoms. The van der Waals surface area contributed by atoms with Crippen molar-refractivity contribution in [1.82, 2.24) is 0 Å². The number of hydrogen-bond acceptors (Lipinski definition) is 4. The van der Waals surface area contributed by atoms with Crippen molar-refractivity contribution < 1.29 is 14.8 Å². The topological polar surface area (TPSA) is 72.6 Å². The molecule has 1 N–H and O–H groups in total. The summed E-state index contributed by atoms with van der Waals surface area (Å²) in [5.74, 6) is 0.194. The molecule has 0 aliphatic rings. The van der Waals surface area contributed by atoms with Gasteiger partial charge in [0.1, 0.15) is 5.75 Å². The number of ether oxygens (including phenoxy) is 1. The quantitative estimate of drug-likeness (QED) is 0.488. The zero-order chi connectivity index (χ0) is 16.1. The van der Waals surface area contributed by atoms with Gasteiger partial charge in [-0.05, 0) is 51.0 Å². The number of benzene rings is 2. The highest BCUT2D eigenvalue weighted by Gasteiger charge is 2.21. The summed E-state index contributed by atoms with van der Waals surface area (Å²) in [6, 6.07) is 8.81. The number of nitro groups is 1. The Kier molecular flexibility index (Phi) is 4.99. The Bertz CT molecular complexity index is 709. The van der Waals surface area contributed by atoms with Gasteiger partial charge in [-0.2, -0.15) is 0 Å². The molecule has 0 spiro atoms. The van der Waals surface area contributed by atoms with E-state index in [1.54, 1.807) is 12.1 Å². The molecule has 0 aromatic heterocycles. The van der Waals surface area contributed by atoms with Gasteiger partial charge in [-0.1, -0.05) is 12.2 Å². The van der Waals surface area contributed by atoms with Crippen molar-refractivity contribution in [3.05, 3.63) is 52.6 Å². The van der Waals surface area contributed by atoms with Crippen LogP contribution in [0.15, 0.2) is 36.4 Å². The molecule has 0 heterocycles. The van der Waals surface area contributed by atoms with E-state index in [-0.39, 0.29) is 23.3 Å². The minimum atomic E-state index is -0.457. The largest absolute Gasteiger partial charge is 0.507 e. The summed E-state index contributed by atoms with van der Waals surface area (Å²) >= 11 is 0. The lowest BCUT2D eigenvalue weighted by atomic mass is 10.1. The number of phenolic OH excluding ortho intramolecular Hbond substituents is 1. The molecule has 0 aliphatic carbocycles. The molecule has 0 unspecified atom stereocenters. The third-order valence-electron chi connectivity index (χ3n) is 3.34. The lowest BCUT2D eigenvalue weighted by molar-refractivity contribution is -0.384. The Morgan fingerprint density at radius 3 is 2.86 bits per heavy atom. The molecule has 1 radical (unpaired) electrons. The fourth-order valence-electron chi connectivity index (χ4n) is 2.26. The predicted octanol–water partition coefficient (Wildman–Crippen LogP) is 4.38. The Hall–Kier alpha value is -2.56. The molecule has 1 atom stereocenters. The van der Waals surface area contributed by atoms with E-state index in [4.69, 9.17) is 4.74 Å². The Labute approximate surface area is 129 Å². The van der Waals surface area contributed by atoms with Crippen LogP contribution in [-0.2, 0) is 0 Å². The zero-order valence-electron chi connectivity index (χ0n) is 12.6. The van der Waals surface area contributed by atoms with Gasteiger partial charge in [0.15, 0.2) is 5.75 Å². The molecule has 0 saturated heterocycles. The van der Waals surface area contributed by atoms with Crippen LogP contribution in [0.1, 0.15) is 26.7 Å². The van der Waals surface area contributed by atoms with Crippen LogP contribution in [0.5, 0.6) is 11.5 Å². The number of aromatic hydroxyl groups is 1. The van der Waals surface area contributed by atoms with Gasteiger partial charge in [-0.25, -0.2) is 0 Å². The number of phenols is 1. The summed E-state index contributed by atoms with van der Waals surface area (Å²) in [7, 11) is 0. The van der Waals surface area contributed by atoms with Crippen LogP contribution in [0.2, 0.25) is 0 Å². The first-order chi connectivity index (χ1) is 10.5. The number of fused-ring (bicyclic) bond motifs is 1. The van der Waals surface area contributed by atoms with Crippen molar-refractivity contribution in [3.8, 4) is 11.5 Å². The SMILES string of the molecule is CC=CCC[C@@H](C)Oc1ccc2[c]c(O)ccc2c1[N+](=O)[O-]. The van der Waals surface area contributed by atoms with Crippen molar-refractivity contribution in [2.24, 2.45) is 0 Å². The molecule has 115 valence electrons. The van der Waals surface area contributed by atoms with Crippen LogP contribution >= 0.6 is 0 Å². The molecule has 2 aromatic carbocycles. The monoisotopic (exact) mass is 300 g/mol. The average molecular weight is 300 g/mol. The van der Waals surface area contributed by atoms with Crippen molar-refractivity contribution in [2.75, 3.05) is 0 Å². The molecule has 0 fully saturated rings. The van der Waals surface area contributed by atoms with E-state index < -0.39 is 4.92 Å². The van der Waals surface area contributed by atoms with Crippen LogP contribution < -0.4 is 4.74 Å². The normalized spacial score (nSPS) is 12.6. The predicted molar refractivity (Wildman–Crippen MR) is 85.2 cm³/mol. The van der Waals surface area contributed by atoms with Crippen molar-refractivity contribution >= 4 is 16.5 Å². The first-order valence-electron chi connectivity index (χ1n) is 7.13. The summed E-state index contributed by atoms with van der Waals surface area (Å²) in [6.07, 6.45) is 5.51. The van der Waals surface area contributed by atoms with Crippen LogP contribution in [0, 0.1) is 16.2 Å². The third-order valence-corrected chi connectivity index (χ3v) is 3.34. The molecule has 5 nitrogen and oxygen atoms in total. The van der Waals surface area contributed by atoms with E-state index in [1.165, 1.54) is 12.1 Å². The average Bonchev–Trinajstić information content (AvgIpc) is 2.47. The van der Waals surface area contributed by atoms with Crippen LogP contribution in [0.3, 0.4) is 0 Å². The Morgan fingerprint density at radius 1 is 1.41 bits per heavy atom. The Balaban J connectivity index is 2.35. The second-order valence-electron chi connectivity index (χ2n) is 5.05. The fourth-order valence-corrected chi connectivity index (χ4v) is 2.26. The van der Waals surface area contributed by atoms with Crippen molar-refractivity contribution in [3.63, 3.8) is 0 Å². The number of nitrogens with zero attached hydrogens (tertiary/aromatic N) is 1. The van der Waals surface area contributed by atoms with E-state index in [9.17, 15) is 15.2 Å². The van der Waals surface area contributed by atoms with E-state index >= 15 is 0 Å². The number of rotatable bonds is 6. The summed E-state index contributed by atoms with van der Waals surface area (Å²) in [6.45, 7) is 3.84. The highest BCUT2D eigenvalue weighted by molar-refractivity contribution is 5.93. The van der Waals surface area contributed by atoms with Gasteiger partial charge in [0, 0.05) is 11.5 Å². The van der Waals surface area contributed by atoms with Gasteiger partial charge in [0.2, 0.25) is 0 Å². The Morgan fingerprint density at radius 2 is 2.18 bits per heavy atom. The number of nitro benzene ring substituents is 1. The molecule has 0 amide bonds. The fraction of sp³-hybridized carbons (Fsp3) is 0.294. The molecular formula is C17H18NO4. The zero-order valence-corrected chi connectivity index (χ0v) is 12.6.